The number of nitrogens with zero attached hydrogens (tertiary/aromatic N) is 4. The van der Waals surface area contributed by atoms with Gasteiger partial charge in [-0.15, -0.1) is 12.4 Å². The third-order valence-corrected chi connectivity index (χ3v) is 11.5. The minimum Gasteiger partial charge on any atom is -0.381 e. The molecule has 0 spiro atoms. The minimum absolute atomic E-state index is 0. The fourth-order valence-electron chi connectivity index (χ4n) is 7.81. The zero-order valence-electron chi connectivity index (χ0n) is 34.4. The van der Waals surface area contributed by atoms with E-state index in [0.717, 1.165) is 127 Å². The summed E-state index contributed by atoms with van der Waals surface area (Å²) in [5, 5.41) is 9.33. The Bertz CT molecular complexity index is 2540. The van der Waals surface area contributed by atoms with Crippen LogP contribution < -0.4 is 21.7 Å². The topological polar surface area (TPSA) is 198 Å². The minimum atomic E-state index is -0.575. The molecule has 4 aromatic heterocycles. The Morgan fingerprint density at radius 1 is 0.683 bits per heavy atom. The number of fused-ring (bicyclic) bond motifs is 4. The Balaban J connectivity index is 0.000000155. The lowest BCUT2D eigenvalue weighted by Gasteiger charge is -2.35. The molecule has 6 aromatic rings. The Kier molecular flexibility index (Phi) is 12.5. The van der Waals surface area contributed by atoms with Gasteiger partial charge in [0.15, 0.2) is 0 Å². The van der Waals surface area contributed by atoms with Gasteiger partial charge >= 0.3 is 0 Å². The fourth-order valence-corrected chi connectivity index (χ4v) is 7.81. The van der Waals surface area contributed by atoms with Gasteiger partial charge in [0.2, 0.25) is 5.95 Å². The summed E-state index contributed by atoms with van der Waals surface area (Å²) in [5.41, 5.74) is 16.3. The van der Waals surface area contributed by atoms with E-state index < -0.39 is 5.95 Å². The Morgan fingerprint density at radius 2 is 1.17 bits per heavy atom. The molecular weight excluding hydrogens is 787 g/mol. The van der Waals surface area contributed by atoms with Crippen LogP contribution >= 0.6 is 12.4 Å². The van der Waals surface area contributed by atoms with Crippen LogP contribution in [-0.4, -0.2) is 92.3 Å². The van der Waals surface area contributed by atoms with Gasteiger partial charge < -0.3 is 41.1 Å². The molecule has 7 N–H and O–H groups in total. The van der Waals surface area contributed by atoms with Crippen LogP contribution in [0.25, 0.3) is 44.6 Å². The van der Waals surface area contributed by atoms with Crippen LogP contribution in [0.2, 0.25) is 0 Å². The van der Waals surface area contributed by atoms with Crippen molar-refractivity contribution in [1.29, 1.82) is 0 Å². The Labute approximate surface area is 353 Å². The number of nitrogens with two attached hydrogens (primary N) is 1. The molecule has 60 heavy (non-hydrogen) atoms. The van der Waals surface area contributed by atoms with E-state index in [0.29, 0.717) is 29.7 Å². The predicted molar refractivity (Wildman–Crippen MR) is 232 cm³/mol. The van der Waals surface area contributed by atoms with Crippen molar-refractivity contribution in [1.82, 2.24) is 40.5 Å². The van der Waals surface area contributed by atoms with E-state index in [1.807, 2.05) is 43.3 Å². The Hall–Kier alpha value is -5.48. The van der Waals surface area contributed by atoms with Crippen molar-refractivity contribution in [3.63, 3.8) is 0 Å². The van der Waals surface area contributed by atoms with E-state index in [-0.39, 0.29) is 41.0 Å². The van der Waals surface area contributed by atoms with Gasteiger partial charge in [0.1, 0.15) is 16.9 Å². The van der Waals surface area contributed by atoms with Crippen molar-refractivity contribution >= 4 is 52.1 Å². The quantitative estimate of drug-likeness (QED) is 0.114. The highest BCUT2D eigenvalue weighted by Gasteiger charge is 2.29. The number of carbonyl (C=O) groups is 2. The van der Waals surface area contributed by atoms with E-state index in [2.05, 4.69) is 49.7 Å². The molecule has 2 aromatic carbocycles. The van der Waals surface area contributed by atoms with E-state index >= 15 is 0 Å². The van der Waals surface area contributed by atoms with Gasteiger partial charge in [0.05, 0.1) is 33.5 Å². The number of aromatic amines is 2. The van der Waals surface area contributed by atoms with Crippen molar-refractivity contribution in [3.05, 3.63) is 88.4 Å². The lowest BCUT2D eigenvalue weighted by atomic mass is 9.92. The van der Waals surface area contributed by atoms with Crippen LogP contribution in [0.4, 0.5) is 10.2 Å². The average molecular weight is 839 g/mol. The predicted octanol–water partition coefficient (Wildman–Crippen LogP) is 6.49. The highest BCUT2D eigenvalue weighted by molar-refractivity contribution is 6.00. The molecule has 0 atom stereocenters. The Morgan fingerprint density at radius 3 is 1.65 bits per heavy atom. The summed E-state index contributed by atoms with van der Waals surface area (Å²) in [7, 11) is 0. The number of aromatic nitrogens is 6. The second-order valence-electron chi connectivity index (χ2n) is 16.3. The van der Waals surface area contributed by atoms with Crippen molar-refractivity contribution in [2.45, 2.75) is 77.3 Å². The van der Waals surface area contributed by atoms with Crippen LogP contribution in [0.1, 0.15) is 83.0 Å². The molecule has 316 valence electrons. The number of para-hydroxylation sites is 2. The average Bonchev–Trinajstić information content (AvgIpc) is 3.86. The molecule has 8 heterocycles. The molecule has 10 rings (SSSR count). The number of carbonyl (C=O) groups excluding carboxylic acids is 2. The first-order valence-corrected chi connectivity index (χ1v) is 20.3. The van der Waals surface area contributed by atoms with Crippen LogP contribution in [-0.2, 0) is 22.3 Å². The summed E-state index contributed by atoms with van der Waals surface area (Å²) in [6.45, 7) is 12.3. The first-order valence-electron chi connectivity index (χ1n) is 20.3. The monoisotopic (exact) mass is 838 g/mol. The first-order chi connectivity index (χ1) is 28.4. The molecule has 0 saturated carbocycles. The number of amides is 2. The largest absolute Gasteiger partial charge is 0.381 e. The molecule has 2 amide bonds. The second kappa shape index (κ2) is 17.6. The number of rotatable bonds is 4. The van der Waals surface area contributed by atoms with Crippen molar-refractivity contribution in [2.75, 3.05) is 44.8 Å². The molecule has 2 fully saturated rings. The highest BCUT2D eigenvalue weighted by Crippen LogP contribution is 2.33. The number of hydrogen-bond acceptors (Lipinski definition) is 10. The van der Waals surface area contributed by atoms with E-state index in [1.54, 1.807) is 19.1 Å². The summed E-state index contributed by atoms with van der Waals surface area (Å²) in [4.78, 5) is 48.8. The first kappa shape index (κ1) is 42.6. The smallest absolute Gasteiger partial charge is 0.253 e. The SMILES string of the molecule is CC1(N)CCOCC1.Cc1nc2cccc(-c3cc4c([nH]3)CCNC4=O)c2nc1F.Cc1nc2cccc(-c3cc4c([nH]3)CCNC4=O)c2nc1NC1(C)CCOCC1.Cl. The highest BCUT2D eigenvalue weighted by atomic mass is 35.5. The van der Waals surface area contributed by atoms with E-state index in [9.17, 15) is 14.0 Å². The number of H-pyrrole nitrogens is 2. The van der Waals surface area contributed by atoms with Crippen LogP contribution in [0.3, 0.4) is 0 Å². The molecule has 4 aliphatic rings. The number of anilines is 1. The number of ether oxygens (including phenoxy) is 2. The normalized spacial score (nSPS) is 17.7. The number of aryl methyl sites for hydroxylation is 2. The van der Waals surface area contributed by atoms with E-state index in [1.165, 1.54) is 0 Å². The maximum atomic E-state index is 13.8. The lowest BCUT2D eigenvalue weighted by Crippen LogP contribution is -2.41. The molecule has 0 aliphatic carbocycles. The van der Waals surface area contributed by atoms with Gasteiger partial charge in [-0.3, -0.25) is 9.59 Å². The van der Waals surface area contributed by atoms with Crippen molar-refractivity contribution in [2.24, 2.45) is 5.73 Å². The molecule has 0 bridgehead atoms. The summed E-state index contributed by atoms with van der Waals surface area (Å²) in [6, 6.07) is 15.2. The zero-order valence-corrected chi connectivity index (χ0v) is 35.2. The number of halogens is 2. The summed E-state index contributed by atoms with van der Waals surface area (Å²) in [5.74, 6) is 0.125. The number of benzene rings is 2. The maximum Gasteiger partial charge on any atom is 0.253 e. The standard InChI is InChI=1S/C22H25N5O2.C16H13FN4O.C6H13NO.ClH/c1-13-20(27-22(2)7-10-29-11-8-22)26-19-14(4-3-5-17(19)24-13)18-12-15-16(25-18)6-9-23-21(15)28;1-8-15(17)21-14-9(3-2-4-12(14)19-8)13-7-10-11(20-13)5-6-18-16(10)22;1-6(7)2-4-8-5-3-6;/h3-5,12,25H,6-11H2,1-2H3,(H,23,28)(H,26,27);2-4,7,20H,5-6H2,1H3,(H,18,22);2-5,7H2,1H3;1H. The molecule has 16 heteroatoms. The number of nitrogens with one attached hydrogen (secondary N) is 5. The third-order valence-electron chi connectivity index (χ3n) is 11.5. The lowest BCUT2D eigenvalue weighted by molar-refractivity contribution is 0.0594. The van der Waals surface area contributed by atoms with Crippen LogP contribution in [0.15, 0.2) is 48.5 Å². The van der Waals surface area contributed by atoms with Gasteiger partial charge in [-0.2, -0.15) is 4.39 Å². The molecular formula is C44H52ClFN10O4. The van der Waals surface area contributed by atoms with Crippen LogP contribution in [0.5, 0.6) is 0 Å². The summed E-state index contributed by atoms with van der Waals surface area (Å²) in [6.07, 6.45) is 5.45. The third kappa shape index (κ3) is 9.14. The fraction of sp³-hybridized carbons (Fsp3) is 0.409. The second-order valence-corrected chi connectivity index (χ2v) is 16.3. The molecule has 2 saturated heterocycles. The van der Waals surface area contributed by atoms with Gasteiger partial charge in [-0.1, -0.05) is 24.3 Å². The van der Waals surface area contributed by atoms with Gasteiger partial charge in [0, 0.05) is 97.3 Å². The number of hydrogen-bond donors (Lipinski definition) is 6. The molecule has 0 radical (unpaired) electrons. The van der Waals surface area contributed by atoms with Crippen molar-refractivity contribution in [3.8, 4) is 22.5 Å². The van der Waals surface area contributed by atoms with Gasteiger partial charge in [-0.25, -0.2) is 19.9 Å². The zero-order chi connectivity index (χ0) is 41.3. The molecule has 0 unspecified atom stereocenters. The summed E-state index contributed by atoms with van der Waals surface area (Å²) < 4.78 is 24.4. The van der Waals surface area contributed by atoms with Gasteiger partial charge in [0.25, 0.3) is 11.8 Å². The van der Waals surface area contributed by atoms with Crippen LogP contribution in [0, 0.1) is 19.8 Å². The summed E-state index contributed by atoms with van der Waals surface area (Å²) >= 11 is 0. The van der Waals surface area contributed by atoms with Crippen molar-refractivity contribution < 1.29 is 23.5 Å². The molecule has 14 nitrogen and oxygen atoms in total. The molecule has 4 aliphatic heterocycles. The maximum absolute atomic E-state index is 13.8. The van der Waals surface area contributed by atoms with E-state index in [4.69, 9.17) is 25.2 Å². The van der Waals surface area contributed by atoms with Gasteiger partial charge in [-0.05, 0) is 77.6 Å².